The van der Waals surface area contributed by atoms with E-state index in [1.165, 1.54) is 49.7 Å². The van der Waals surface area contributed by atoms with Gasteiger partial charge in [0, 0.05) is 25.6 Å². The Morgan fingerprint density at radius 3 is 2.54 bits per heavy atom. The lowest BCUT2D eigenvalue weighted by Gasteiger charge is -2.35. The summed E-state index contributed by atoms with van der Waals surface area (Å²) in [5, 5.41) is 18.3. The van der Waals surface area contributed by atoms with Gasteiger partial charge in [0.05, 0.1) is 0 Å². The molecule has 1 saturated carbocycles. The van der Waals surface area contributed by atoms with E-state index in [9.17, 15) is 9.90 Å². The van der Waals surface area contributed by atoms with Crippen molar-refractivity contribution in [2.75, 3.05) is 32.7 Å². The van der Waals surface area contributed by atoms with Crippen molar-refractivity contribution in [1.82, 2.24) is 20.1 Å². The molecule has 0 radical (unpaired) electrons. The highest BCUT2D eigenvalue weighted by molar-refractivity contribution is 5.76. The van der Waals surface area contributed by atoms with Gasteiger partial charge < -0.3 is 10.0 Å². The number of benzene rings is 2. The van der Waals surface area contributed by atoms with Crippen molar-refractivity contribution in [2.45, 2.75) is 69.7 Å². The predicted molar refractivity (Wildman–Crippen MR) is 152 cm³/mol. The Labute approximate surface area is 231 Å². The van der Waals surface area contributed by atoms with Gasteiger partial charge in [0.15, 0.2) is 0 Å². The number of carboxylic acids is 1. The number of hydrogen-bond donors (Lipinski definition) is 1. The molecule has 1 aliphatic carbocycles. The fourth-order valence-electron chi connectivity index (χ4n) is 7.76. The molecule has 1 aromatic heterocycles. The van der Waals surface area contributed by atoms with E-state index >= 15 is 0 Å². The first-order valence-electron chi connectivity index (χ1n) is 15.1. The second kappa shape index (κ2) is 12.2. The number of carboxylic acid groups (broad SMARTS) is 1. The molecule has 2 aliphatic heterocycles. The molecule has 39 heavy (non-hydrogen) atoms. The van der Waals surface area contributed by atoms with Gasteiger partial charge in [-0.1, -0.05) is 61.7 Å². The van der Waals surface area contributed by atoms with E-state index in [1.807, 2.05) is 12.1 Å². The summed E-state index contributed by atoms with van der Waals surface area (Å²) in [6, 6.07) is 16.6. The Kier molecular flexibility index (Phi) is 8.26. The number of hydrogen-bond acceptors (Lipinski definition) is 6. The summed E-state index contributed by atoms with van der Waals surface area (Å²) < 4.78 is 4.92. The number of likely N-dealkylation sites (tertiary alicyclic amines) is 2. The molecule has 2 aromatic carbocycles. The quantitative estimate of drug-likeness (QED) is 0.364. The SMILES string of the molecule is O=C(O)[C@@H](C1CCCC1)N1C[C@H](CN2CCC(CCCc3cccc4nonc34)CC2)[C@@H](c2ccccc2)C1. The molecule has 0 unspecified atom stereocenters. The second-order valence-corrected chi connectivity index (χ2v) is 12.2. The van der Waals surface area contributed by atoms with E-state index < -0.39 is 5.97 Å². The number of aliphatic carboxylic acids is 1. The summed E-state index contributed by atoms with van der Waals surface area (Å²) in [6.45, 7) is 5.13. The van der Waals surface area contributed by atoms with Crippen molar-refractivity contribution < 1.29 is 14.5 Å². The molecule has 208 valence electrons. The lowest BCUT2D eigenvalue weighted by Crippen LogP contribution is -2.45. The van der Waals surface area contributed by atoms with Crippen LogP contribution in [0, 0.1) is 17.8 Å². The van der Waals surface area contributed by atoms with Crippen LogP contribution in [0.5, 0.6) is 0 Å². The van der Waals surface area contributed by atoms with Gasteiger partial charge in [0.2, 0.25) is 0 Å². The maximum Gasteiger partial charge on any atom is 0.321 e. The zero-order chi connectivity index (χ0) is 26.6. The molecular formula is C32H42N4O3. The molecule has 3 aliphatic rings. The number of nitrogens with zero attached hydrogens (tertiary/aromatic N) is 4. The third-order valence-corrected chi connectivity index (χ3v) is 9.82. The molecule has 0 bridgehead atoms. The molecule has 3 heterocycles. The van der Waals surface area contributed by atoms with Crippen LogP contribution in [0.15, 0.2) is 53.2 Å². The smallest absolute Gasteiger partial charge is 0.321 e. The average molecular weight is 531 g/mol. The lowest BCUT2D eigenvalue weighted by molar-refractivity contribution is -0.145. The van der Waals surface area contributed by atoms with Crippen LogP contribution in [0.3, 0.4) is 0 Å². The van der Waals surface area contributed by atoms with Crippen molar-refractivity contribution in [1.29, 1.82) is 0 Å². The standard InChI is InChI=1S/C32H42N4O3/c37-32(38)31(26-11-4-5-12-26)36-21-27(28(22-36)24-9-2-1-3-10-24)20-35-18-16-23(17-19-35)8-6-13-25-14-7-15-29-30(25)34-39-33-29/h1-3,7,9-10,14-15,23,26-28,31H,4-6,8,11-13,16-22H2,(H,37,38)/t27-,28+,31+/m0/s1. The fourth-order valence-corrected chi connectivity index (χ4v) is 7.76. The van der Waals surface area contributed by atoms with Crippen LogP contribution in [0.1, 0.15) is 68.4 Å². The van der Waals surface area contributed by atoms with Crippen LogP contribution in [0.4, 0.5) is 0 Å². The number of carbonyl (C=O) groups is 1. The minimum Gasteiger partial charge on any atom is -0.480 e. The van der Waals surface area contributed by atoms with E-state index in [2.05, 4.69) is 56.5 Å². The molecule has 7 nitrogen and oxygen atoms in total. The third-order valence-electron chi connectivity index (χ3n) is 9.82. The molecule has 7 heteroatoms. The highest BCUT2D eigenvalue weighted by Gasteiger charge is 2.43. The molecule has 3 atom stereocenters. The van der Waals surface area contributed by atoms with Gasteiger partial charge in [-0.3, -0.25) is 9.69 Å². The topological polar surface area (TPSA) is 82.7 Å². The Morgan fingerprint density at radius 1 is 0.974 bits per heavy atom. The monoisotopic (exact) mass is 530 g/mol. The first-order valence-corrected chi connectivity index (χ1v) is 15.1. The van der Waals surface area contributed by atoms with E-state index in [-0.39, 0.29) is 6.04 Å². The number of fused-ring (bicyclic) bond motifs is 1. The third kappa shape index (κ3) is 6.04. The van der Waals surface area contributed by atoms with Gasteiger partial charge in [-0.15, -0.1) is 0 Å². The van der Waals surface area contributed by atoms with Crippen LogP contribution < -0.4 is 0 Å². The van der Waals surface area contributed by atoms with Crippen molar-refractivity contribution in [3.8, 4) is 0 Å². The molecule has 6 rings (SSSR count). The predicted octanol–water partition coefficient (Wildman–Crippen LogP) is 5.62. The van der Waals surface area contributed by atoms with Crippen molar-refractivity contribution in [3.63, 3.8) is 0 Å². The summed E-state index contributed by atoms with van der Waals surface area (Å²) in [5.41, 5.74) is 4.36. The summed E-state index contributed by atoms with van der Waals surface area (Å²) in [6.07, 6.45) is 10.4. The Bertz CT molecular complexity index is 1220. The van der Waals surface area contributed by atoms with E-state index in [0.29, 0.717) is 17.8 Å². The van der Waals surface area contributed by atoms with Crippen molar-refractivity contribution in [3.05, 3.63) is 59.7 Å². The zero-order valence-electron chi connectivity index (χ0n) is 23.0. The number of aryl methyl sites for hydroxylation is 1. The molecule has 2 saturated heterocycles. The molecule has 0 spiro atoms. The van der Waals surface area contributed by atoms with E-state index in [0.717, 1.165) is 68.9 Å². The van der Waals surface area contributed by atoms with Crippen LogP contribution in [-0.2, 0) is 11.2 Å². The second-order valence-electron chi connectivity index (χ2n) is 12.2. The van der Waals surface area contributed by atoms with Crippen LogP contribution in [-0.4, -0.2) is 70.0 Å². The first kappa shape index (κ1) is 26.5. The van der Waals surface area contributed by atoms with Crippen LogP contribution >= 0.6 is 0 Å². The largest absolute Gasteiger partial charge is 0.480 e. The summed E-state index contributed by atoms with van der Waals surface area (Å²) >= 11 is 0. The molecular weight excluding hydrogens is 488 g/mol. The van der Waals surface area contributed by atoms with Gasteiger partial charge >= 0.3 is 5.97 Å². The zero-order valence-corrected chi connectivity index (χ0v) is 23.0. The number of aromatic nitrogens is 2. The van der Waals surface area contributed by atoms with Crippen LogP contribution in [0.2, 0.25) is 0 Å². The van der Waals surface area contributed by atoms with Gasteiger partial charge in [0.1, 0.15) is 17.1 Å². The minimum absolute atomic E-state index is 0.306. The van der Waals surface area contributed by atoms with Crippen LogP contribution in [0.25, 0.3) is 11.0 Å². The van der Waals surface area contributed by atoms with Crippen molar-refractivity contribution in [2.24, 2.45) is 17.8 Å². The highest BCUT2D eigenvalue weighted by Crippen LogP contribution is 2.39. The van der Waals surface area contributed by atoms with Gasteiger partial charge in [0.25, 0.3) is 0 Å². The number of rotatable bonds is 10. The maximum absolute atomic E-state index is 12.4. The average Bonchev–Trinajstić information content (AvgIpc) is 3.72. The maximum atomic E-state index is 12.4. The summed E-state index contributed by atoms with van der Waals surface area (Å²) in [5.74, 6) is 1.34. The van der Waals surface area contributed by atoms with Gasteiger partial charge in [-0.05, 0) is 96.9 Å². The minimum atomic E-state index is -0.619. The van der Waals surface area contributed by atoms with E-state index in [4.69, 9.17) is 4.63 Å². The number of piperidine rings is 1. The van der Waals surface area contributed by atoms with Gasteiger partial charge in [-0.25, -0.2) is 4.63 Å². The Hall–Kier alpha value is -2.77. The Balaban J connectivity index is 1.04. The summed E-state index contributed by atoms with van der Waals surface area (Å²) in [4.78, 5) is 17.4. The summed E-state index contributed by atoms with van der Waals surface area (Å²) in [7, 11) is 0. The Morgan fingerprint density at radius 2 is 1.77 bits per heavy atom. The van der Waals surface area contributed by atoms with Gasteiger partial charge in [-0.2, -0.15) is 0 Å². The first-order chi connectivity index (χ1) is 19.2. The normalized spacial score (nSPS) is 24.5. The highest BCUT2D eigenvalue weighted by atomic mass is 16.6. The van der Waals surface area contributed by atoms with E-state index in [1.54, 1.807) is 0 Å². The molecule has 3 aromatic rings. The fraction of sp³-hybridized carbons (Fsp3) is 0.594. The van der Waals surface area contributed by atoms with Crippen molar-refractivity contribution >= 4 is 17.0 Å². The molecule has 0 amide bonds. The molecule has 1 N–H and O–H groups in total. The lowest BCUT2D eigenvalue weighted by atomic mass is 9.87. The molecule has 3 fully saturated rings.